The lowest BCUT2D eigenvalue weighted by Gasteiger charge is -2.05. The molecule has 3 rings (SSSR count). The van der Waals surface area contributed by atoms with Crippen molar-refractivity contribution in [3.05, 3.63) is 60.4 Å². The average molecular weight is 334 g/mol. The lowest BCUT2D eigenvalue weighted by molar-refractivity contribution is 0.581. The van der Waals surface area contributed by atoms with E-state index in [1.54, 1.807) is 0 Å². The summed E-state index contributed by atoms with van der Waals surface area (Å²) in [5.41, 5.74) is 5.49. The predicted molar refractivity (Wildman–Crippen MR) is 102 cm³/mol. The van der Waals surface area contributed by atoms with Gasteiger partial charge in [-0.3, -0.25) is 9.97 Å². The molecule has 0 amide bonds. The van der Waals surface area contributed by atoms with E-state index >= 15 is 0 Å². The largest absolute Gasteiger partial charge is 0.261 e. The van der Waals surface area contributed by atoms with Gasteiger partial charge in [0.05, 0.1) is 11.9 Å². The first kappa shape index (κ1) is 17.3. The molecule has 0 aliphatic heterocycles. The van der Waals surface area contributed by atoms with E-state index < -0.39 is 0 Å². The van der Waals surface area contributed by atoms with Crippen LogP contribution in [0.5, 0.6) is 0 Å². The summed E-state index contributed by atoms with van der Waals surface area (Å²) in [6, 6.07) is 8.36. The van der Waals surface area contributed by atoms with Crippen molar-refractivity contribution >= 4 is 0 Å². The summed E-state index contributed by atoms with van der Waals surface area (Å²) < 4.78 is 1.91. The average Bonchev–Trinajstić information content (AvgIpc) is 3.11. The lowest BCUT2D eigenvalue weighted by Crippen LogP contribution is -1.97. The molecule has 0 atom stereocenters. The molecule has 0 spiro atoms. The van der Waals surface area contributed by atoms with E-state index in [2.05, 4.69) is 60.2 Å². The van der Waals surface area contributed by atoms with Crippen molar-refractivity contribution in [2.24, 2.45) is 5.92 Å². The maximum atomic E-state index is 4.60. The Morgan fingerprint density at radius 3 is 2.56 bits per heavy atom. The van der Waals surface area contributed by atoms with Gasteiger partial charge in [-0.15, -0.1) is 0 Å². The summed E-state index contributed by atoms with van der Waals surface area (Å²) >= 11 is 0. The van der Waals surface area contributed by atoms with Gasteiger partial charge in [0.2, 0.25) is 0 Å². The molecule has 130 valence electrons. The van der Waals surface area contributed by atoms with E-state index in [0.29, 0.717) is 5.92 Å². The number of hydrogen-bond donors (Lipinski definition) is 0. The molecule has 0 fully saturated rings. The van der Waals surface area contributed by atoms with Crippen LogP contribution in [0.4, 0.5) is 0 Å². The molecule has 0 radical (unpaired) electrons. The Hall–Kier alpha value is -2.49. The molecule has 0 aliphatic carbocycles. The highest BCUT2D eigenvalue weighted by atomic mass is 15.3. The number of pyridine rings is 2. The van der Waals surface area contributed by atoms with E-state index in [1.807, 2.05) is 29.3 Å². The quantitative estimate of drug-likeness (QED) is 0.619. The first-order valence-corrected chi connectivity index (χ1v) is 9.11. The van der Waals surface area contributed by atoms with Crippen molar-refractivity contribution in [3.8, 4) is 16.8 Å². The molecule has 0 saturated carbocycles. The fourth-order valence-corrected chi connectivity index (χ4v) is 2.79. The number of aromatic nitrogens is 4. The van der Waals surface area contributed by atoms with Crippen LogP contribution >= 0.6 is 0 Å². The van der Waals surface area contributed by atoms with Crippen LogP contribution in [0.1, 0.15) is 45.0 Å². The van der Waals surface area contributed by atoms with Crippen LogP contribution in [0.15, 0.2) is 49.1 Å². The number of aryl methyl sites for hydroxylation is 2. The smallest absolute Gasteiger partial charge is 0.0679 e. The molecule has 4 nitrogen and oxygen atoms in total. The predicted octanol–water partition coefficient (Wildman–Crippen LogP) is 4.87. The summed E-state index contributed by atoms with van der Waals surface area (Å²) in [4.78, 5) is 9.01. The van der Waals surface area contributed by atoms with Gasteiger partial charge in [0.15, 0.2) is 0 Å². The molecular weight excluding hydrogens is 308 g/mol. The standard InChI is InChI=1S/C21H26N4/c1-4-5-20-12-21(10-11-22-20)25-15-18(14-24-25)17-7-9-19(23-13-17)8-6-16(2)3/h7,9-16H,4-6,8H2,1-3H3. The van der Waals surface area contributed by atoms with Crippen LogP contribution in [-0.4, -0.2) is 19.7 Å². The molecule has 0 unspecified atom stereocenters. The molecule has 0 bridgehead atoms. The maximum Gasteiger partial charge on any atom is 0.0679 e. The number of nitrogens with zero attached hydrogens (tertiary/aromatic N) is 4. The fraction of sp³-hybridized carbons (Fsp3) is 0.381. The topological polar surface area (TPSA) is 43.6 Å². The number of rotatable bonds is 7. The van der Waals surface area contributed by atoms with Gasteiger partial charge in [-0.25, -0.2) is 4.68 Å². The van der Waals surface area contributed by atoms with E-state index in [4.69, 9.17) is 0 Å². The third-order valence-corrected chi connectivity index (χ3v) is 4.29. The first-order chi connectivity index (χ1) is 12.2. The van der Waals surface area contributed by atoms with Gasteiger partial charge in [-0.2, -0.15) is 5.10 Å². The molecule has 25 heavy (non-hydrogen) atoms. The van der Waals surface area contributed by atoms with Crippen molar-refractivity contribution in [1.82, 2.24) is 19.7 Å². The Morgan fingerprint density at radius 2 is 1.84 bits per heavy atom. The molecule has 0 saturated heterocycles. The van der Waals surface area contributed by atoms with Crippen LogP contribution in [0, 0.1) is 5.92 Å². The van der Waals surface area contributed by atoms with Crippen LogP contribution in [0.25, 0.3) is 16.8 Å². The van der Waals surface area contributed by atoms with Crippen LogP contribution < -0.4 is 0 Å². The third-order valence-electron chi connectivity index (χ3n) is 4.29. The van der Waals surface area contributed by atoms with E-state index in [9.17, 15) is 0 Å². The van der Waals surface area contributed by atoms with E-state index in [0.717, 1.165) is 47.5 Å². The van der Waals surface area contributed by atoms with Crippen molar-refractivity contribution in [3.63, 3.8) is 0 Å². The lowest BCUT2D eigenvalue weighted by atomic mass is 10.1. The van der Waals surface area contributed by atoms with Gasteiger partial charge >= 0.3 is 0 Å². The third kappa shape index (κ3) is 4.53. The van der Waals surface area contributed by atoms with Crippen LogP contribution in [0.2, 0.25) is 0 Å². The highest BCUT2D eigenvalue weighted by molar-refractivity contribution is 5.61. The van der Waals surface area contributed by atoms with Crippen LogP contribution in [-0.2, 0) is 12.8 Å². The van der Waals surface area contributed by atoms with Crippen molar-refractivity contribution < 1.29 is 0 Å². The van der Waals surface area contributed by atoms with E-state index in [-0.39, 0.29) is 0 Å². The zero-order chi connectivity index (χ0) is 17.6. The highest BCUT2D eigenvalue weighted by Gasteiger charge is 2.06. The van der Waals surface area contributed by atoms with Crippen LogP contribution in [0.3, 0.4) is 0 Å². The Labute approximate surface area is 150 Å². The highest BCUT2D eigenvalue weighted by Crippen LogP contribution is 2.20. The SMILES string of the molecule is CCCc1cc(-n2cc(-c3ccc(CCC(C)C)nc3)cn2)ccn1. The monoisotopic (exact) mass is 334 g/mol. The zero-order valence-electron chi connectivity index (χ0n) is 15.3. The molecule has 3 aromatic heterocycles. The van der Waals surface area contributed by atoms with Gasteiger partial charge in [0.1, 0.15) is 0 Å². The molecule has 0 aliphatic rings. The maximum absolute atomic E-state index is 4.60. The molecule has 3 aromatic rings. The van der Waals surface area contributed by atoms with Gasteiger partial charge in [-0.05, 0) is 43.4 Å². The minimum Gasteiger partial charge on any atom is -0.261 e. The Kier molecular flexibility index (Phi) is 5.59. The van der Waals surface area contributed by atoms with Gasteiger partial charge in [0, 0.05) is 41.1 Å². The second-order valence-electron chi connectivity index (χ2n) is 6.90. The first-order valence-electron chi connectivity index (χ1n) is 9.11. The van der Waals surface area contributed by atoms with Gasteiger partial charge < -0.3 is 0 Å². The number of hydrogen-bond acceptors (Lipinski definition) is 3. The fourth-order valence-electron chi connectivity index (χ4n) is 2.79. The molecule has 0 N–H and O–H groups in total. The Bertz CT molecular complexity index is 803. The summed E-state index contributed by atoms with van der Waals surface area (Å²) in [7, 11) is 0. The van der Waals surface area contributed by atoms with E-state index in [1.165, 1.54) is 6.42 Å². The van der Waals surface area contributed by atoms with Gasteiger partial charge in [0.25, 0.3) is 0 Å². The normalized spacial score (nSPS) is 11.2. The Balaban J connectivity index is 1.76. The Morgan fingerprint density at radius 1 is 0.960 bits per heavy atom. The summed E-state index contributed by atoms with van der Waals surface area (Å²) in [5, 5.41) is 4.51. The minimum absolute atomic E-state index is 0.706. The molecule has 0 aromatic carbocycles. The summed E-state index contributed by atoms with van der Waals surface area (Å²) in [6.45, 7) is 6.65. The summed E-state index contributed by atoms with van der Waals surface area (Å²) in [5.74, 6) is 0.706. The van der Waals surface area contributed by atoms with Crippen molar-refractivity contribution in [2.45, 2.75) is 46.5 Å². The molecule has 4 heteroatoms. The van der Waals surface area contributed by atoms with Gasteiger partial charge in [-0.1, -0.05) is 33.3 Å². The minimum atomic E-state index is 0.706. The second-order valence-corrected chi connectivity index (χ2v) is 6.90. The van der Waals surface area contributed by atoms with Crippen molar-refractivity contribution in [1.29, 1.82) is 0 Å². The second kappa shape index (κ2) is 8.06. The summed E-state index contributed by atoms with van der Waals surface area (Å²) in [6.07, 6.45) is 12.0. The zero-order valence-corrected chi connectivity index (χ0v) is 15.3. The molecular formula is C21H26N4. The van der Waals surface area contributed by atoms with Crippen molar-refractivity contribution in [2.75, 3.05) is 0 Å². The molecule has 3 heterocycles.